The lowest BCUT2D eigenvalue weighted by molar-refractivity contribution is -0.244. The van der Waals surface area contributed by atoms with Gasteiger partial charge >= 0.3 is 0 Å². The summed E-state index contributed by atoms with van der Waals surface area (Å²) in [7, 11) is 0. The van der Waals surface area contributed by atoms with Crippen LogP contribution in [0.3, 0.4) is 0 Å². The molecule has 1 aliphatic heterocycles. The number of aldehydes is 1. The highest BCUT2D eigenvalue weighted by atomic mass is 16.5. The number of aromatic hydroxyl groups is 2. The monoisotopic (exact) mass is 414 g/mol. The fraction of sp³-hybridized carbons (Fsp3) is 0.680. The molecule has 0 radical (unpaired) electrons. The zero-order valence-corrected chi connectivity index (χ0v) is 18.9. The van der Waals surface area contributed by atoms with Crippen LogP contribution in [0.2, 0.25) is 0 Å². The molecule has 3 aliphatic carbocycles. The number of hydrogen-bond donors (Lipinski definition) is 2. The quantitative estimate of drug-likeness (QED) is 0.514. The summed E-state index contributed by atoms with van der Waals surface area (Å²) >= 11 is 0. The molecule has 2 N–H and O–H groups in total. The van der Waals surface area contributed by atoms with Crippen LogP contribution in [0.5, 0.6) is 17.2 Å². The van der Waals surface area contributed by atoms with Crippen molar-refractivity contribution in [3.05, 3.63) is 16.7 Å². The predicted octanol–water partition coefficient (Wildman–Crippen LogP) is 5.15. The molecule has 30 heavy (non-hydrogen) atoms. The van der Waals surface area contributed by atoms with E-state index in [-0.39, 0.29) is 58.0 Å². The summed E-state index contributed by atoms with van der Waals surface area (Å²) in [6, 6.07) is 0. The molecule has 5 heteroatoms. The van der Waals surface area contributed by atoms with Gasteiger partial charge in [0.1, 0.15) is 28.4 Å². The third-order valence-corrected chi connectivity index (χ3v) is 8.38. The predicted molar refractivity (Wildman–Crippen MR) is 114 cm³/mol. The lowest BCUT2D eigenvalue weighted by atomic mass is 9.39. The van der Waals surface area contributed by atoms with Crippen molar-refractivity contribution in [1.29, 1.82) is 0 Å². The van der Waals surface area contributed by atoms with E-state index in [0.29, 0.717) is 30.1 Å². The number of hydrogen-bond acceptors (Lipinski definition) is 5. The van der Waals surface area contributed by atoms with Crippen LogP contribution in [0.1, 0.15) is 87.1 Å². The molecule has 0 spiro atoms. The Kier molecular flexibility index (Phi) is 4.76. The number of benzene rings is 1. The van der Waals surface area contributed by atoms with Crippen LogP contribution in [-0.2, 0) is 6.42 Å². The number of Topliss-reactive ketones (excluding diaryl/α,β-unsaturated/α-hetero) is 1. The fourth-order valence-corrected chi connectivity index (χ4v) is 6.73. The topological polar surface area (TPSA) is 83.8 Å². The van der Waals surface area contributed by atoms with E-state index in [2.05, 4.69) is 27.7 Å². The second kappa shape index (κ2) is 6.73. The van der Waals surface area contributed by atoms with Crippen molar-refractivity contribution in [2.75, 3.05) is 0 Å². The fourth-order valence-electron chi connectivity index (χ4n) is 6.73. The molecule has 1 aromatic carbocycles. The number of phenols is 2. The van der Waals surface area contributed by atoms with E-state index in [4.69, 9.17) is 4.74 Å². The van der Waals surface area contributed by atoms with Gasteiger partial charge < -0.3 is 14.9 Å². The SMILES string of the molecule is CC(C)CC(=O)c1c(O)c(C=O)c2c(c1O)C[C@H]1C[C@H]3C[C@@H](C3(C)C)[C@@]1(C(C)C)O2. The van der Waals surface area contributed by atoms with Crippen LogP contribution in [-0.4, -0.2) is 27.9 Å². The Labute approximate surface area is 178 Å². The summed E-state index contributed by atoms with van der Waals surface area (Å²) in [6.45, 7) is 12.7. The largest absolute Gasteiger partial charge is 0.507 e. The Balaban J connectivity index is 1.89. The first-order valence-corrected chi connectivity index (χ1v) is 11.2. The van der Waals surface area contributed by atoms with Crippen LogP contribution in [0, 0.1) is 35.0 Å². The number of ether oxygens (including phenoxy) is 1. The van der Waals surface area contributed by atoms with Crippen LogP contribution >= 0.6 is 0 Å². The molecule has 0 saturated heterocycles. The van der Waals surface area contributed by atoms with Crippen LogP contribution in [0.25, 0.3) is 0 Å². The molecule has 4 atom stereocenters. The van der Waals surface area contributed by atoms with Crippen molar-refractivity contribution in [2.45, 2.75) is 72.8 Å². The molecule has 5 rings (SSSR count). The third kappa shape index (κ3) is 2.59. The number of ketones is 1. The van der Waals surface area contributed by atoms with Crippen molar-refractivity contribution in [2.24, 2.45) is 35.0 Å². The van der Waals surface area contributed by atoms with E-state index in [0.717, 1.165) is 12.8 Å². The lowest BCUT2D eigenvalue weighted by Crippen LogP contribution is -2.71. The molecular formula is C25H34O5. The highest BCUT2D eigenvalue weighted by Crippen LogP contribution is 2.69. The van der Waals surface area contributed by atoms with Gasteiger partial charge in [-0.1, -0.05) is 41.5 Å². The average Bonchev–Trinajstić information content (AvgIpc) is 2.65. The van der Waals surface area contributed by atoms with Gasteiger partial charge in [-0.2, -0.15) is 0 Å². The zero-order chi connectivity index (χ0) is 22.2. The molecule has 1 aromatic rings. The summed E-state index contributed by atoms with van der Waals surface area (Å²) < 4.78 is 6.71. The Morgan fingerprint density at radius 1 is 1.13 bits per heavy atom. The Morgan fingerprint density at radius 2 is 1.80 bits per heavy atom. The molecule has 2 bridgehead atoms. The highest BCUT2D eigenvalue weighted by Gasteiger charge is 2.68. The minimum atomic E-state index is -0.453. The van der Waals surface area contributed by atoms with E-state index in [1.54, 1.807) is 0 Å². The lowest BCUT2D eigenvalue weighted by Gasteiger charge is -2.69. The molecule has 3 fully saturated rings. The summed E-state index contributed by atoms with van der Waals surface area (Å²) in [5.41, 5.74) is 0.0869. The van der Waals surface area contributed by atoms with Crippen molar-refractivity contribution in [3.63, 3.8) is 0 Å². The van der Waals surface area contributed by atoms with E-state index < -0.39 is 11.4 Å². The van der Waals surface area contributed by atoms with Crippen LogP contribution in [0.4, 0.5) is 0 Å². The van der Waals surface area contributed by atoms with Gasteiger partial charge in [-0.25, -0.2) is 0 Å². The second-order valence-corrected chi connectivity index (χ2v) is 11.0. The van der Waals surface area contributed by atoms with Gasteiger partial charge in [-0.15, -0.1) is 0 Å². The van der Waals surface area contributed by atoms with E-state index in [1.165, 1.54) is 0 Å². The van der Waals surface area contributed by atoms with E-state index in [1.807, 2.05) is 13.8 Å². The minimum Gasteiger partial charge on any atom is -0.507 e. The van der Waals surface area contributed by atoms with Crippen molar-refractivity contribution in [1.82, 2.24) is 0 Å². The van der Waals surface area contributed by atoms with Gasteiger partial charge in [0.05, 0.1) is 5.56 Å². The van der Waals surface area contributed by atoms with Crippen LogP contribution in [0.15, 0.2) is 0 Å². The standard InChI is InChI=1S/C25H34O5/c1-12(2)7-18(27)20-21(28)16-9-15-8-14-10-19(24(14,5)6)25(15,13(3)4)30-23(16)17(11-26)22(20)29/h11-15,19,28-29H,7-10H2,1-6H3/t14-,15+,19-,25-/m0/s1. The van der Waals surface area contributed by atoms with Gasteiger partial charge in [0.15, 0.2) is 12.1 Å². The Hall–Kier alpha value is -2.04. The second-order valence-electron chi connectivity index (χ2n) is 11.0. The Morgan fingerprint density at radius 3 is 2.33 bits per heavy atom. The maximum Gasteiger partial charge on any atom is 0.170 e. The molecule has 164 valence electrons. The zero-order valence-electron chi connectivity index (χ0n) is 18.9. The molecule has 5 nitrogen and oxygen atoms in total. The molecular weight excluding hydrogens is 380 g/mol. The number of phenolic OH excluding ortho intramolecular Hbond substituents is 2. The molecule has 0 unspecified atom stereocenters. The number of rotatable bonds is 5. The molecule has 0 amide bonds. The Bertz CT molecular complexity index is 913. The first-order valence-electron chi connectivity index (χ1n) is 11.2. The van der Waals surface area contributed by atoms with E-state index in [9.17, 15) is 19.8 Å². The van der Waals surface area contributed by atoms with Gasteiger partial charge in [0.2, 0.25) is 0 Å². The molecule has 3 saturated carbocycles. The minimum absolute atomic E-state index is 0.00682. The van der Waals surface area contributed by atoms with Crippen LogP contribution < -0.4 is 4.74 Å². The maximum atomic E-state index is 12.8. The first-order chi connectivity index (χ1) is 14.0. The van der Waals surface area contributed by atoms with Crippen molar-refractivity contribution < 1.29 is 24.5 Å². The third-order valence-electron chi connectivity index (χ3n) is 8.38. The normalized spacial score (nSPS) is 30.9. The van der Waals surface area contributed by atoms with E-state index >= 15 is 0 Å². The number of carbonyl (C=O) groups is 2. The summed E-state index contributed by atoms with van der Waals surface area (Å²) in [6.07, 6.45) is 3.43. The highest BCUT2D eigenvalue weighted by molar-refractivity contribution is 6.05. The average molecular weight is 415 g/mol. The van der Waals surface area contributed by atoms with Crippen molar-refractivity contribution in [3.8, 4) is 17.2 Å². The van der Waals surface area contributed by atoms with Gasteiger partial charge in [-0.3, -0.25) is 9.59 Å². The summed E-state index contributed by atoms with van der Waals surface area (Å²) in [5, 5.41) is 21.8. The smallest absolute Gasteiger partial charge is 0.170 e. The summed E-state index contributed by atoms with van der Waals surface area (Å²) in [5.74, 6) is 0.734. The first kappa shape index (κ1) is 21.2. The van der Waals surface area contributed by atoms with Gasteiger partial charge in [-0.05, 0) is 42.4 Å². The molecule has 1 heterocycles. The summed E-state index contributed by atoms with van der Waals surface area (Å²) in [4.78, 5) is 24.8. The molecule has 0 aromatic heterocycles. The van der Waals surface area contributed by atoms with Gasteiger partial charge in [0, 0.05) is 23.8 Å². The van der Waals surface area contributed by atoms with Gasteiger partial charge in [0.25, 0.3) is 0 Å². The number of carbonyl (C=O) groups excluding carboxylic acids is 2. The maximum absolute atomic E-state index is 12.8. The number of fused-ring (bicyclic) bond motifs is 1. The van der Waals surface area contributed by atoms with Crippen molar-refractivity contribution >= 4 is 12.1 Å². The molecule has 4 aliphatic rings.